The summed E-state index contributed by atoms with van der Waals surface area (Å²) in [7, 11) is 0. The summed E-state index contributed by atoms with van der Waals surface area (Å²) in [4.78, 5) is 0. The van der Waals surface area contributed by atoms with Crippen molar-refractivity contribution >= 4 is 27.1 Å². The fourth-order valence-electron chi connectivity index (χ4n) is 2.08. The molecule has 0 unspecified atom stereocenters. The van der Waals surface area contributed by atoms with Crippen molar-refractivity contribution in [1.82, 2.24) is 0 Å². The Balaban J connectivity index is 1.84. The number of hydrogen-bond acceptors (Lipinski definition) is 3. The molecule has 1 aromatic heterocycles. The van der Waals surface area contributed by atoms with Gasteiger partial charge < -0.3 is 10.5 Å². The first kappa shape index (κ1) is 12.1. The molecule has 2 N–H and O–H groups in total. The molecule has 0 saturated carbocycles. The molecule has 0 amide bonds. The third-order valence-electron chi connectivity index (χ3n) is 3.23. The zero-order chi connectivity index (χ0) is 13.2. The lowest BCUT2D eigenvalue weighted by Gasteiger charge is -2.10. The van der Waals surface area contributed by atoms with Crippen molar-refractivity contribution in [1.29, 1.82) is 0 Å². The third-order valence-corrected chi connectivity index (χ3v) is 4.24. The van der Waals surface area contributed by atoms with Gasteiger partial charge in [0.1, 0.15) is 12.4 Å². The van der Waals surface area contributed by atoms with Crippen molar-refractivity contribution in [2.75, 3.05) is 5.73 Å². The first-order chi connectivity index (χ1) is 9.25. The van der Waals surface area contributed by atoms with Crippen LogP contribution < -0.4 is 10.5 Å². The van der Waals surface area contributed by atoms with E-state index in [0.29, 0.717) is 6.61 Å². The van der Waals surface area contributed by atoms with Crippen LogP contribution in [-0.4, -0.2) is 0 Å². The second-order valence-corrected chi connectivity index (χ2v) is 5.44. The molecule has 2 aromatic carbocycles. The van der Waals surface area contributed by atoms with Gasteiger partial charge in [-0.15, -0.1) is 11.3 Å². The van der Waals surface area contributed by atoms with E-state index < -0.39 is 0 Å². The first-order valence-electron chi connectivity index (χ1n) is 6.18. The van der Waals surface area contributed by atoms with Crippen LogP contribution in [0.2, 0.25) is 0 Å². The lowest BCUT2D eigenvalue weighted by Crippen LogP contribution is -1.99. The van der Waals surface area contributed by atoms with Gasteiger partial charge in [0.15, 0.2) is 0 Å². The van der Waals surface area contributed by atoms with Crippen LogP contribution in [0.5, 0.6) is 5.75 Å². The summed E-state index contributed by atoms with van der Waals surface area (Å²) in [5.74, 6) is 0.760. The Labute approximate surface area is 116 Å². The van der Waals surface area contributed by atoms with Crippen molar-refractivity contribution in [3.8, 4) is 5.75 Å². The van der Waals surface area contributed by atoms with Gasteiger partial charge >= 0.3 is 0 Å². The quantitative estimate of drug-likeness (QED) is 0.716. The summed E-state index contributed by atoms with van der Waals surface area (Å²) in [6, 6.07) is 14.2. The smallest absolute Gasteiger partial charge is 0.142 e. The first-order valence-corrected chi connectivity index (χ1v) is 7.06. The van der Waals surface area contributed by atoms with E-state index >= 15 is 0 Å². The van der Waals surface area contributed by atoms with Crippen molar-refractivity contribution in [3.05, 3.63) is 59.0 Å². The highest BCUT2D eigenvalue weighted by molar-refractivity contribution is 7.17. The van der Waals surface area contributed by atoms with Crippen LogP contribution in [0.25, 0.3) is 10.1 Å². The zero-order valence-corrected chi connectivity index (χ0v) is 11.5. The molecule has 19 heavy (non-hydrogen) atoms. The maximum atomic E-state index is 6.01. The monoisotopic (exact) mass is 269 g/mol. The van der Waals surface area contributed by atoms with Crippen LogP contribution in [0.1, 0.15) is 11.1 Å². The molecular weight excluding hydrogens is 254 g/mol. The standard InChI is InChI=1S/C16H15NOS/c1-11-5-4-7-14(16(11)17)18-9-12-10-19-15-8-3-2-6-13(12)15/h2-8,10H,9,17H2,1H3. The molecule has 0 aliphatic rings. The molecule has 0 radical (unpaired) electrons. The van der Waals surface area contributed by atoms with E-state index in [4.69, 9.17) is 10.5 Å². The maximum absolute atomic E-state index is 6.01. The fourth-order valence-corrected chi connectivity index (χ4v) is 3.03. The highest BCUT2D eigenvalue weighted by Crippen LogP contribution is 2.29. The van der Waals surface area contributed by atoms with E-state index in [1.54, 1.807) is 11.3 Å². The van der Waals surface area contributed by atoms with E-state index in [2.05, 4.69) is 29.6 Å². The summed E-state index contributed by atoms with van der Waals surface area (Å²) in [6.45, 7) is 2.54. The molecule has 0 fully saturated rings. The number of benzene rings is 2. The minimum atomic E-state index is 0.553. The third kappa shape index (κ3) is 2.29. The molecule has 1 heterocycles. The van der Waals surface area contributed by atoms with Crippen molar-refractivity contribution in [3.63, 3.8) is 0 Å². The van der Waals surface area contributed by atoms with E-state index in [1.165, 1.54) is 15.6 Å². The van der Waals surface area contributed by atoms with Gasteiger partial charge in [-0.25, -0.2) is 0 Å². The largest absolute Gasteiger partial charge is 0.487 e. The lowest BCUT2D eigenvalue weighted by atomic mass is 10.2. The molecule has 0 bridgehead atoms. The Morgan fingerprint density at radius 1 is 1.11 bits per heavy atom. The summed E-state index contributed by atoms with van der Waals surface area (Å²) in [5, 5.41) is 3.41. The molecule has 0 saturated heterocycles. The molecule has 96 valence electrons. The van der Waals surface area contributed by atoms with Gasteiger partial charge in [-0.1, -0.05) is 30.3 Å². The number of ether oxygens (including phenoxy) is 1. The second kappa shape index (κ2) is 4.94. The van der Waals surface area contributed by atoms with E-state index in [-0.39, 0.29) is 0 Å². The Bertz CT molecular complexity index is 718. The number of thiophene rings is 1. The summed E-state index contributed by atoms with van der Waals surface area (Å²) in [6.07, 6.45) is 0. The van der Waals surface area contributed by atoms with Gasteiger partial charge in [0.2, 0.25) is 0 Å². The Morgan fingerprint density at radius 2 is 1.95 bits per heavy atom. The number of nitrogens with two attached hydrogens (primary N) is 1. The molecule has 3 heteroatoms. The molecule has 2 nitrogen and oxygen atoms in total. The summed E-state index contributed by atoms with van der Waals surface area (Å²) < 4.78 is 7.14. The summed E-state index contributed by atoms with van der Waals surface area (Å²) in [5.41, 5.74) is 8.99. The van der Waals surface area contributed by atoms with Crippen molar-refractivity contribution < 1.29 is 4.74 Å². The van der Waals surface area contributed by atoms with Gasteiger partial charge in [-0.3, -0.25) is 0 Å². The van der Waals surface area contributed by atoms with Gasteiger partial charge in [-0.2, -0.15) is 0 Å². The normalized spacial score (nSPS) is 10.8. The van der Waals surface area contributed by atoms with Crippen LogP contribution in [0, 0.1) is 6.92 Å². The van der Waals surface area contributed by atoms with Crippen LogP contribution in [0.4, 0.5) is 5.69 Å². The summed E-state index contributed by atoms with van der Waals surface area (Å²) >= 11 is 1.75. The number of fused-ring (bicyclic) bond motifs is 1. The minimum Gasteiger partial charge on any atom is -0.487 e. The molecule has 3 aromatic rings. The molecule has 3 rings (SSSR count). The SMILES string of the molecule is Cc1cccc(OCc2csc3ccccc23)c1N. The van der Waals surface area contributed by atoms with E-state index in [1.807, 2.05) is 25.1 Å². The van der Waals surface area contributed by atoms with E-state index in [0.717, 1.165) is 17.0 Å². The molecule has 0 spiro atoms. The fraction of sp³-hybridized carbons (Fsp3) is 0.125. The second-order valence-electron chi connectivity index (χ2n) is 4.53. The van der Waals surface area contributed by atoms with Crippen LogP contribution in [0.3, 0.4) is 0 Å². The van der Waals surface area contributed by atoms with Gasteiger partial charge in [-0.05, 0) is 35.4 Å². The number of anilines is 1. The average molecular weight is 269 g/mol. The number of nitrogen functional groups attached to an aromatic ring is 1. The molecule has 0 aliphatic carbocycles. The highest BCUT2D eigenvalue weighted by Gasteiger charge is 2.06. The van der Waals surface area contributed by atoms with Crippen molar-refractivity contribution in [2.24, 2.45) is 0 Å². The molecular formula is C16H15NOS. The number of aryl methyl sites for hydroxylation is 1. The van der Waals surface area contributed by atoms with Gasteiger partial charge in [0, 0.05) is 10.3 Å². The predicted molar refractivity (Wildman–Crippen MR) is 81.7 cm³/mol. The molecule has 0 aliphatic heterocycles. The molecule has 0 atom stereocenters. The zero-order valence-electron chi connectivity index (χ0n) is 10.7. The highest BCUT2D eigenvalue weighted by atomic mass is 32.1. The number of rotatable bonds is 3. The topological polar surface area (TPSA) is 35.2 Å². The Hall–Kier alpha value is -2.00. The van der Waals surface area contributed by atoms with Crippen molar-refractivity contribution in [2.45, 2.75) is 13.5 Å². The predicted octanol–water partition coefficient (Wildman–Crippen LogP) is 4.37. The minimum absolute atomic E-state index is 0.553. The van der Waals surface area contributed by atoms with Gasteiger partial charge in [0.25, 0.3) is 0 Å². The van der Waals surface area contributed by atoms with E-state index in [9.17, 15) is 0 Å². The Kier molecular flexibility index (Phi) is 3.13. The maximum Gasteiger partial charge on any atom is 0.142 e. The van der Waals surface area contributed by atoms with Crippen LogP contribution >= 0.6 is 11.3 Å². The Morgan fingerprint density at radius 3 is 2.84 bits per heavy atom. The lowest BCUT2D eigenvalue weighted by molar-refractivity contribution is 0.309. The van der Waals surface area contributed by atoms with Gasteiger partial charge in [0.05, 0.1) is 5.69 Å². The average Bonchev–Trinajstić information content (AvgIpc) is 2.84. The number of hydrogen-bond donors (Lipinski definition) is 1. The van der Waals surface area contributed by atoms with Crippen LogP contribution in [-0.2, 0) is 6.61 Å². The number of para-hydroxylation sites is 1. The van der Waals surface area contributed by atoms with Crippen LogP contribution in [0.15, 0.2) is 47.8 Å².